The minimum absolute atomic E-state index is 0.238. The van der Waals surface area contributed by atoms with Crippen LogP contribution in [0.25, 0.3) is 0 Å². The van der Waals surface area contributed by atoms with E-state index in [2.05, 4.69) is 4.90 Å². The monoisotopic (exact) mass is 367 g/mol. The van der Waals surface area contributed by atoms with Crippen LogP contribution in [0.15, 0.2) is 42.5 Å². The van der Waals surface area contributed by atoms with Gasteiger partial charge in [-0.2, -0.15) is 0 Å². The van der Waals surface area contributed by atoms with Crippen LogP contribution in [0.1, 0.15) is 44.9 Å². The highest BCUT2D eigenvalue weighted by molar-refractivity contribution is 6.09. The molecule has 27 heavy (non-hydrogen) atoms. The van der Waals surface area contributed by atoms with E-state index in [1.807, 2.05) is 42.5 Å². The fourth-order valence-electron chi connectivity index (χ4n) is 3.63. The van der Waals surface area contributed by atoms with Crippen molar-refractivity contribution < 1.29 is 23.8 Å². The van der Waals surface area contributed by atoms with E-state index in [0.717, 1.165) is 5.56 Å². The van der Waals surface area contributed by atoms with Crippen molar-refractivity contribution in [3.8, 4) is 0 Å². The first-order valence-electron chi connectivity index (χ1n) is 9.13. The summed E-state index contributed by atoms with van der Waals surface area (Å²) in [7, 11) is 0. The number of cyclic esters (lactones) is 1. The Morgan fingerprint density at radius 1 is 1.15 bits per heavy atom. The summed E-state index contributed by atoms with van der Waals surface area (Å²) < 4.78 is 16.3. The summed E-state index contributed by atoms with van der Waals surface area (Å²) >= 11 is 0. The third kappa shape index (κ3) is 3.17. The lowest BCUT2D eigenvalue weighted by molar-refractivity contribution is 0.0439. The van der Waals surface area contributed by atoms with Crippen molar-refractivity contribution >= 4 is 17.6 Å². The van der Waals surface area contributed by atoms with Gasteiger partial charge in [-0.25, -0.2) is 9.59 Å². The molecule has 1 saturated heterocycles. The first-order chi connectivity index (χ1) is 13.2. The minimum atomic E-state index is -0.513. The van der Waals surface area contributed by atoms with Gasteiger partial charge in [0.1, 0.15) is 0 Å². The van der Waals surface area contributed by atoms with Gasteiger partial charge in [0, 0.05) is 18.7 Å². The maximum absolute atomic E-state index is 12.8. The number of morpholine rings is 1. The minimum Gasteiger partial charge on any atom is -0.462 e. The van der Waals surface area contributed by atoms with Gasteiger partial charge >= 0.3 is 11.9 Å². The van der Waals surface area contributed by atoms with Crippen LogP contribution in [0.2, 0.25) is 0 Å². The Labute approximate surface area is 157 Å². The van der Waals surface area contributed by atoms with Gasteiger partial charge < -0.3 is 19.1 Å². The Bertz CT molecular complexity index is 858. The highest BCUT2D eigenvalue weighted by Crippen LogP contribution is 2.41. The normalized spacial score (nSPS) is 18.8. The molecule has 1 fully saturated rings. The molecular weight excluding hydrogens is 346 g/mol. The molecular formula is C21H21NO5. The number of carbonyl (C=O) groups is 2. The molecule has 0 saturated carbocycles. The lowest BCUT2D eigenvalue weighted by Crippen LogP contribution is -2.37. The van der Waals surface area contributed by atoms with Crippen LogP contribution in [0.5, 0.6) is 0 Å². The molecule has 2 heterocycles. The smallest absolute Gasteiger partial charge is 0.341 e. The lowest BCUT2D eigenvalue weighted by Gasteiger charge is -2.30. The number of nitrogens with zero attached hydrogens (tertiary/aromatic N) is 1. The maximum Gasteiger partial charge on any atom is 0.341 e. The number of ether oxygens (including phenoxy) is 3. The van der Waals surface area contributed by atoms with Crippen LogP contribution < -0.4 is 4.90 Å². The van der Waals surface area contributed by atoms with Crippen LogP contribution in [0.3, 0.4) is 0 Å². The third-order valence-corrected chi connectivity index (χ3v) is 4.86. The van der Waals surface area contributed by atoms with E-state index in [4.69, 9.17) is 14.2 Å². The summed E-state index contributed by atoms with van der Waals surface area (Å²) in [5.41, 5.74) is 2.87. The largest absolute Gasteiger partial charge is 0.462 e. The molecule has 0 bridgehead atoms. The zero-order valence-corrected chi connectivity index (χ0v) is 15.1. The number of esters is 2. The Morgan fingerprint density at radius 3 is 2.59 bits per heavy atom. The molecule has 1 unspecified atom stereocenters. The van der Waals surface area contributed by atoms with Crippen LogP contribution in [-0.4, -0.2) is 44.8 Å². The number of fused-ring (bicyclic) bond motifs is 1. The van der Waals surface area contributed by atoms with Crippen molar-refractivity contribution in [2.24, 2.45) is 0 Å². The molecule has 1 atom stereocenters. The van der Waals surface area contributed by atoms with E-state index in [9.17, 15) is 9.59 Å². The van der Waals surface area contributed by atoms with Crippen LogP contribution in [0.4, 0.5) is 5.69 Å². The molecule has 0 aromatic heterocycles. The zero-order valence-electron chi connectivity index (χ0n) is 15.1. The number of rotatable bonds is 4. The molecule has 0 aliphatic carbocycles. The summed E-state index contributed by atoms with van der Waals surface area (Å²) in [6, 6.07) is 13.3. The van der Waals surface area contributed by atoms with E-state index in [1.54, 1.807) is 6.92 Å². The number of anilines is 1. The Hall–Kier alpha value is -2.86. The average Bonchev–Trinajstić information content (AvgIpc) is 3.05. The molecule has 2 aromatic carbocycles. The van der Waals surface area contributed by atoms with Gasteiger partial charge in [0.05, 0.1) is 36.6 Å². The Balaban J connectivity index is 1.84. The van der Waals surface area contributed by atoms with Gasteiger partial charge in [0.15, 0.2) is 6.10 Å². The standard InChI is InChI=1S/C21H21NO5/c1-2-26-20(23)18-16(22-10-12-25-13-11-22)9-8-15-17(18)21(24)27-19(15)14-6-4-3-5-7-14/h3-9,19H,2,10-13H2,1H3. The van der Waals surface area contributed by atoms with E-state index in [1.165, 1.54) is 0 Å². The molecule has 0 N–H and O–H groups in total. The van der Waals surface area contributed by atoms with Crippen molar-refractivity contribution in [1.82, 2.24) is 0 Å². The molecule has 0 spiro atoms. The van der Waals surface area contributed by atoms with Gasteiger partial charge in [-0.15, -0.1) is 0 Å². The van der Waals surface area contributed by atoms with Crippen molar-refractivity contribution in [3.63, 3.8) is 0 Å². The van der Waals surface area contributed by atoms with Crippen molar-refractivity contribution in [1.29, 1.82) is 0 Å². The molecule has 0 amide bonds. The first-order valence-corrected chi connectivity index (χ1v) is 9.13. The van der Waals surface area contributed by atoms with Crippen LogP contribution in [-0.2, 0) is 14.2 Å². The van der Waals surface area contributed by atoms with Gasteiger partial charge in [-0.3, -0.25) is 0 Å². The Kier molecular flexibility index (Phi) is 4.81. The second kappa shape index (κ2) is 7.40. The summed E-state index contributed by atoms with van der Waals surface area (Å²) in [5, 5.41) is 0. The number of hydrogen-bond donors (Lipinski definition) is 0. The lowest BCUT2D eigenvalue weighted by atomic mass is 9.94. The molecule has 2 aliphatic heterocycles. The SMILES string of the molecule is CCOC(=O)c1c(N2CCOCC2)ccc2c1C(=O)OC2c1ccccc1. The molecule has 2 aromatic rings. The van der Waals surface area contributed by atoms with Crippen LogP contribution >= 0.6 is 0 Å². The molecule has 0 radical (unpaired) electrons. The molecule has 6 nitrogen and oxygen atoms in total. The molecule has 4 rings (SSSR count). The fraction of sp³-hybridized carbons (Fsp3) is 0.333. The van der Waals surface area contributed by atoms with E-state index < -0.39 is 18.0 Å². The van der Waals surface area contributed by atoms with Crippen molar-refractivity contribution in [2.45, 2.75) is 13.0 Å². The predicted octanol–water partition coefficient (Wildman–Crippen LogP) is 2.96. The summed E-state index contributed by atoms with van der Waals surface area (Å²) in [6.45, 7) is 4.46. The molecule has 6 heteroatoms. The van der Waals surface area contributed by atoms with Crippen molar-refractivity contribution in [2.75, 3.05) is 37.8 Å². The topological polar surface area (TPSA) is 65.1 Å². The van der Waals surface area contributed by atoms with E-state index in [0.29, 0.717) is 48.7 Å². The quantitative estimate of drug-likeness (QED) is 0.774. The molecule has 140 valence electrons. The number of carbonyl (C=O) groups excluding carboxylic acids is 2. The summed E-state index contributed by atoms with van der Waals surface area (Å²) in [5.74, 6) is -0.987. The second-order valence-electron chi connectivity index (χ2n) is 6.44. The van der Waals surface area contributed by atoms with E-state index in [-0.39, 0.29) is 6.61 Å². The average molecular weight is 367 g/mol. The predicted molar refractivity (Wildman–Crippen MR) is 99.1 cm³/mol. The van der Waals surface area contributed by atoms with Crippen LogP contribution in [0, 0.1) is 0 Å². The summed E-state index contributed by atoms with van der Waals surface area (Å²) in [4.78, 5) is 27.6. The second-order valence-corrected chi connectivity index (χ2v) is 6.44. The molecule has 2 aliphatic rings. The van der Waals surface area contributed by atoms with Gasteiger partial charge in [0.25, 0.3) is 0 Å². The van der Waals surface area contributed by atoms with Gasteiger partial charge in [0.2, 0.25) is 0 Å². The maximum atomic E-state index is 12.8. The highest BCUT2D eigenvalue weighted by atomic mass is 16.6. The van der Waals surface area contributed by atoms with E-state index >= 15 is 0 Å². The van der Waals surface area contributed by atoms with Crippen molar-refractivity contribution in [3.05, 3.63) is 64.7 Å². The zero-order chi connectivity index (χ0) is 18.8. The van der Waals surface area contributed by atoms with Gasteiger partial charge in [-0.1, -0.05) is 36.4 Å². The number of hydrogen-bond acceptors (Lipinski definition) is 6. The summed E-state index contributed by atoms with van der Waals surface area (Å²) in [6.07, 6.45) is -0.513. The Morgan fingerprint density at radius 2 is 1.89 bits per heavy atom. The third-order valence-electron chi connectivity index (χ3n) is 4.86. The number of benzene rings is 2. The first kappa shape index (κ1) is 17.5. The van der Waals surface area contributed by atoms with Gasteiger partial charge in [-0.05, 0) is 18.6 Å². The highest BCUT2D eigenvalue weighted by Gasteiger charge is 2.38. The fourth-order valence-corrected chi connectivity index (χ4v) is 3.63.